The molecule has 7 rings (SSSR count). The lowest BCUT2D eigenvalue weighted by atomic mass is 9.32. The predicted molar refractivity (Wildman–Crippen MR) is 82.0 cm³/mol. The first kappa shape index (κ1) is 15.8. The Bertz CT molecular complexity index is 872. The summed E-state index contributed by atoms with van der Waals surface area (Å²) in [6.07, 6.45) is 1.68. The third kappa shape index (κ3) is 1.05. The third-order valence-electron chi connectivity index (χ3n) is 8.52. The fraction of sp³-hybridized carbons (Fsp3) is 0.667. The van der Waals surface area contributed by atoms with Crippen LogP contribution in [0.15, 0.2) is 11.1 Å². The van der Waals surface area contributed by atoms with E-state index in [0.717, 1.165) is 11.1 Å². The van der Waals surface area contributed by atoms with Crippen molar-refractivity contribution in [3.8, 4) is 0 Å². The molecule has 0 aromatic rings. The van der Waals surface area contributed by atoms with E-state index in [1.807, 2.05) is 0 Å². The Balaban J connectivity index is 1.97. The van der Waals surface area contributed by atoms with Gasteiger partial charge in [-0.05, 0) is 38.5 Å². The van der Waals surface area contributed by atoms with Crippen molar-refractivity contribution in [2.45, 2.75) is 38.5 Å². The molecule has 4 bridgehead atoms. The minimum atomic E-state index is -1.74. The Morgan fingerprint density at radius 1 is 0.731 bits per heavy atom. The van der Waals surface area contributed by atoms with Crippen molar-refractivity contribution in [3.05, 3.63) is 11.1 Å². The molecule has 0 aromatic carbocycles. The molecular formula is C18H18O8. The number of allylic oxidation sites excluding steroid dienone is 2. The first-order valence-corrected chi connectivity index (χ1v) is 8.82. The van der Waals surface area contributed by atoms with Crippen molar-refractivity contribution < 1.29 is 39.6 Å². The lowest BCUT2D eigenvalue weighted by molar-refractivity contribution is -0.220. The average molecular weight is 362 g/mol. The molecule has 8 nitrogen and oxygen atoms in total. The van der Waals surface area contributed by atoms with Crippen LogP contribution in [0.5, 0.6) is 0 Å². The van der Waals surface area contributed by atoms with E-state index in [4.69, 9.17) is 0 Å². The quantitative estimate of drug-likeness (QED) is 0.545. The van der Waals surface area contributed by atoms with Gasteiger partial charge in [0.1, 0.15) is 0 Å². The van der Waals surface area contributed by atoms with E-state index in [-0.39, 0.29) is 19.3 Å². The smallest absolute Gasteiger partial charge is 0.311 e. The Morgan fingerprint density at radius 3 is 1.81 bits per heavy atom. The Labute approximate surface area is 147 Å². The second-order valence-electron chi connectivity index (χ2n) is 8.48. The van der Waals surface area contributed by atoms with E-state index in [9.17, 15) is 39.6 Å². The lowest BCUT2D eigenvalue weighted by Crippen LogP contribution is -2.73. The number of carboxylic acids is 4. The van der Waals surface area contributed by atoms with Gasteiger partial charge in [0.15, 0.2) is 0 Å². The Hall–Kier alpha value is -2.38. The average Bonchev–Trinajstić information content (AvgIpc) is 3.10. The topological polar surface area (TPSA) is 149 Å². The van der Waals surface area contributed by atoms with Crippen LogP contribution < -0.4 is 0 Å². The molecule has 8 heteroatoms. The summed E-state index contributed by atoms with van der Waals surface area (Å²) >= 11 is 0. The summed E-state index contributed by atoms with van der Waals surface area (Å²) in [4.78, 5) is 49.4. The molecule has 7 aliphatic carbocycles. The molecule has 6 atom stereocenters. The van der Waals surface area contributed by atoms with Gasteiger partial charge >= 0.3 is 23.9 Å². The number of rotatable bonds is 4. The maximum Gasteiger partial charge on any atom is 0.311 e. The molecule has 0 heterocycles. The molecule has 0 unspecified atom stereocenters. The second-order valence-corrected chi connectivity index (χ2v) is 8.48. The SMILES string of the molecule is O=C(O)[C@@H]1[C@H](C(=O)O)[C@@]23C[C@]2(C(=O)O)[C@@]2(C(=O)O)CCC3=C3CCC[C@@]312. The largest absolute Gasteiger partial charge is 0.481 e. The van der Waals surface area contributed by atoms with Gasteiger partial charge < -0.3 is 20.4 Å². The van der Waals surface area contributed by atoms with E-state index >= 15 is 0 Å². The molecule has 4 N–H and O–H groups in total. The van der Waals surface area contributed by atoms with E-state index < -0.39 is 57.4 Å². The first-order chi connectivity index (χ1) is 12.2. The molecule has 0 saturated heterocycles. The normalized spacial score (nSPS) is 49.5. The van der Waals surface area contributed by atoms with Gasteiger partial charge in [0.25, 0.3) is 0 Å². The van der Waals surface area contributed by atoms with Crippen molar-refractivity contribution in [2.75, 3.05) is 0 Å². The summed E-state index contributed by atoms with van der Waals surface area (Å²) in [5.74, 6) is -8.02. The van der Waals surface area contributed by atoms with Crippen LogP contribution in [0.2, 0.25) is 0 Å². The lowest BCUT2D eigenvalue weighted by Gasteiger charge is -2.67. The number of aliphatic carboxylic acids is 4. The molecule has 4 fully saturated rings. The molecule has 0 aromatic heterocycles. The molecule has 0 radical (unpaired) electrons. The molecule has 138 valence electrons. The van der Waals surface area contributed by atoms with Gasteiger partial charge in [0.05, 0.1) is 22.7 Å². The van der Waals surface area contributed by atoms with Crippen LogP contribution >= 0.6 is 0 Å². The van der Waals surface area contributed by atoms with Gasteiger partial charge in [-0.15, -0.1) is 0 Å². The highest BCUT2D eigenvalue weighted by molar-refractivity contribution is 6.00. The summed E-state index contributed by atoms with van der Waals surface area (Å²) in [6, 6.07) is 0. The Morgan fingerprint density at radius 2 is 1.27 bits per heavy atom. The zero-order chi connectivity index (χ0) is 18.9. The maximum atomic E-state index is 12.6. The van der Waals surface area contributed by atoms with Crippen molar-refractivity contribution in [3.63, 3.8) is 0 Å². The number of hydrogen-bond donors (Lipinski definition) is 4. The number of carbonyl (C=O) groups is 4. The monoisotopic (exact) mass is 362 g/mol. The highest BCUT2D eigenvalue weighted by Gasteiger charge is 2.99. The van der Waals surface area contributed by atoms with Crippen LogP contribution in [0.25, 0.3) is 0 Å². The van der Waals surface area contributed by atoms with E-state index in [2.05, 4.69) is 0 Å². The fourth-order valence-electron chi connectivity index (χ4n) is 8.23. The number of fused-ring (bicyclic) bond motifs is 2. The van der Waals surface area contributed by atoms with Crippen LogP contribution in [0.3, 0.4) is 0 Å². The van der Waals surface area contributed by atoms with E-state index in [0.29, 0.717) is 19.3 Å². The standard InChI is InChI=1S/C18H18O8/c19-11(20)9-10(12(21)22)16-6-18(16,14(25)26)17(13(23)24)5-3-8(16)7-2-1-4-15(7,9)17/h9-10H,1-6H2,(H,19,20)(H,21,22)(H,23,24)(H,25,26)/t9-,10+,15+,16-,17+,18+/m0/s1. The Kier molecular flexibility index (Phi) is 2.42. The molecule has 2 spiro atoms. The summed E-state index contributed by atoms with van der Waals surface area (Å²) in [6.45, 7) is 0. The van der Waals surface area contributed by atoms with Crippen LogP contribution in [-0.2, 0) is 19.2 Å². The van der Waals surface area contributed by atoms with Gasteiger partial charge in [0, 0.05) is 10.8 Å². The van der Waals surface area contributed by atoms with Gasteiger partial charge in [-0.3, -0.25) is 19.2 Å². The van der Waals surface area contributed by atoms with Crippen molar-refractivity contribution in [2.24, 2.45) is 33.5 Å². The first-order valence-electron chi connectivity index (χ1n) is 8.82. The minimum Gasteiger partial charge on any atom is -0.481 e. The van der Waals surface area contributed by atoms with Gasteiger partial charge in [-0.2, -0.15) is 0 Å². The van der Waals surface area contributed by atoms with Crippen molar-refractivity contribution in [1.29, 1.82) is 0 Å². The molecule has 0 amide bonds. The summed E-state index contributed by atoms with van der Waals surface area (Å²) in [5, 5.41) is 40.3. The van der Waals surface area contributed by atoms with Crippen molar-refractivity contribution >= 4 is 23.9 Å². The molecular weight excluding hydrogens is 344 g/mol. The number of hydrogen-bond acceptors (Lipinski definition) is 4. The van der Waals surface area contributed by atoms with Crippen molar-refractivity contribution in [1.82, 2.24) is 0 Å². The molecule has 0 aliphatic heterocycles. The fourth-order valence-corrected chi connectivity index (χ4v) is 8.23. The summed E-state index contributed by atoms with van der Waals surface area (Å²) < 4.78 is 0. The third-order valence-corrected chi connectivity index (χ3v) is 8.52. The second kappa shape index (κ2) is 3.97. The van der Waals surface area contributed by atoms with Crippen LogP contribution in [0.4, 0.5) is 0 Å². The zero-order valence-electron chi connectivity index (χ0n) is 13.8. The van der Waals surface area contributed by atoms with E-state index in [1.165, 1.54) is 0 Å². The van der Waals surface area contributed by atoms with E-state index in [1.54, 1.807) is 0 Å². The van der Waals surface area contributed by atoms with Crippen LogP contribution in [-0.4, -0.2) is 44.3 Å². The number of carboxylic acid groups (broad SMARTS) is 4. The minimum absolute atomic E-state index is 0.0747. The van der Waals surface area contributed by atoms with Crippen LogP contribution in [0, 0.1) is 33.5 Å². The molecule has 7 aliphatic rings. The molecule has 4 saturated carbocycles. The van der Waals surface area contributed by atoms with Crippen LogP contribution in [0.1, 0.15) is 38.5 Å². The van der Waals surface area contributed by atoms with Gasteiger partial charge in [0.2, 0.25) is 0 Å². The highest BCUT2D eigenvalue weighted by Crippen LogP contribution is 2.95. The maximum absolute atomic E-state index is 12.6. The van der Waals surface area contributed by atoms with Gasteiger partial charge in [-0.25, -0.2) is 0 Å². The molecule has 26 heavy (non-hydrogen) atoms. The zero-order valence-corrected chi connectivity index (χ0v) is 13.8. The predicted octanol–water partition coefficient (Wildman–Crippen LogP) is 1.21. The summed E-state index contributed by atoms with van der Waals surface area (Å²) in [5.41, 5.74) is -4.71. The highest BCUT2D eigenvalue weighted by atomic mass is 16.4. The van der Waals surface area contributed by atoms with Gasteiger partial charge in [-0.1, -0.05) is 11.1 Å². The summed E-state index contributed by atoms with van der Waals surface area (Å²) in [7, 11) is 0.